The van der Waals surface area contributed by atoms with Crippen LogP contribution in [0.3, 0.4) is 0 Å². The van der Waals surface area contributed by atoms with Crippen LogP contribution in [0.15, 0.2) is 27.9 Å². The highest BCUT2D eigenvalue weighted by Gasteiger charge is 2.26. The number of halogens is 2. The summed E-state index contributed by atoms with van der Waals surface area (Å²) in [7, 11) is 0. The number of benzene rings is 1. The zero-order valence-electron chi connectivity index (χ0n) is 17.0. The van der Waals surface area contributed by atoms with Crippen LogP contribution in [0.4, 0.5) is 5.82 Å². The van der Waals surface area contributed by atoms with Gasteiger partial charge in [-0.25, -0.2) is 10.1 Å². The van der Waals surface area contributed by atoms with Crippen LogP contribution in [-0.4, -0.2) is 68.1 Å². The lowest BCUT2D eigenvalue weighted by Crippen LogP contribution is -2.36. The van der Waals surface area contributed by atoms with Crippen molar-refractivity contribution in [2.75, 3.05) is 32.0 Å². The summed E-state index contributed by atoms with van der Waals surface area (Å²) in [6, 6.07) is 5.06. The summed E-state index contributed by atoms with van der Waals surface area (Å²) in [6.45, 7) is 4.72. The molecule has 168 valence electrons. The lowest BCUT2D eigenvalue weighted by Gasteiger charge is -2.25. The number of anilines is 1. The fourth-order valence-electron chi connectivity index (χ4n) is 3.08. The van der Waals surface area contributed by atoms with Crippen LogP contribution in [0.2, 0.25) is 10.0 Å². The van der Waals surface area contributed by atoms with Gasteiger partial charge >= 0.3 is 0 Å². The fraction of sp³-hybridized carbons (Fsp3) is 0.333. The molecule has 1 aliphatic rings. The number of carbonyl (C=O) groups is 1. The number of rotatable bonds is 6. The second-order valence-corrected chi connectivity index (χ2v) is 7.74. The van der Waals surface area contributed by atoms with Crippen LogP contribution in [-0.2, 0) is 11.3 Å². The molecule has 1 aliphatic heterocycles. The number of hydrogen-bond donors (Lipinski definition) is 2. The number of nitrogen functional groups attached to an aromatic ring is 1. The van der Waals surface area contributed by atoms with Crippen molar-refractivity contribution in [3.8, 4) is 5.82 Å². The normalized spacial score (nSPS) is 15.2. The SMILES string of the molecule is C/C(=N\NC(=O)c1c(CN2CCOCC2)nnn1-c1nonc1N)c1ccc(Cl)c(Cl)c1. The first kappa shape index (κ1) is 22.1. The Kier molecular flexibility index (Phi) is 6.65. The van der Waals surface area contributed by atoms with Crippen molar-refractivity contribution >= 4 is 40.6 Å². The Balaban J connectivity index is 1.62. The third-order valence-electron chi connectivity index (χ3n) is 4.79. The molecule has 1 fully saturated rings. The molecule has 3 aromatic rings. The maximum absolute atomic E-state index is 13.1. The number of hydrogen-bond acceptors (Lipinski definition) is 10. The Labute approximate surface area is 192 Å². The summed E-state index contributed by atoms with van der Waals surface area (Å²) in [5.74, 6) is -0.529. The predicted molar refractivity (Wildman–Crippen MR) is 116 cm³/mol. The van der Waals surface area contributed by atoms with Gasteiger partial charge in [0.15, 0.2) is 5.69 Å². The first-order chi connectivity index (χ1) is 15.4. The van der Waals surface area contributed by atoms with Gasteiger partial charge in [-0.1, -0.05) is 34.5 Å². The van der Waals surface area contributed by atoms with Crippen molar-refractivity contribution in [1.29, 1.82) is 0 Å². The topological polar surface area (TPSA) is 150 Å². The Morgan fingerprint density at radius 1 is 1.25 bits per heavy atom. The third-order valence-corrected chi connectivity index (χ3v) is 5.53. The Morgan fingerprint density at radius 3 is 2.72 bits per heavy atom. The first-order valence-corrected chi connectivity index (χ1v) is 10.3. The van der Waals surface area contributed by atoms with Crippen LogP contribution < -0.4 is 11.2 Å². The highest BCUT2D eigenvalue weighted by molar-refractivity contribution is 6.42. The quantitative estimate of drug-likeness (QED) is 0.396. The van der Waals surface area contributed by atoms with Gasteiger partial charge in [0, 0.05) is 19.6 Å². The third kappa shape index (κ3) is 4.72. The molecular formula is C18H19Cl2N9O3. The number of amides is 1. The van der Waals surface area contributed by atoms with Crippen LogP contribution in [0, 0.1) is 0 Å². The van der Waals surface area contributed by atoms with Gasteiger partial charge in [-0.05, 0) is 34.9 Å². The zero-order chi connectivity index (χ0) is 22.7. The van der Waals surface area contributed by atoms with E-state index in [2.05, 4.69) is 40.7 Å². The molecular weight excluding hydrogens is 461 g/mol. The summed E-state index contributed by atoms with van der Waals surface area (Å²) in [6.07, 6.45) is 0. The van der Waals surface area contributed by atoms with Crippen molar-refractivity contribution in [2.24, 2.45) is 5.10 Å². The van der Waals surface area contributed by atoms with E-state index in [0.717, 1.165) is 0 Å². The fourth-order valence-corrected chi connectivity index (χ4v) is 3.38. The summed E-state index contributed by atoms with van der Waals surface area (Å²) >= 11 is 12.0. The molecule has 32 heavy (non-hydrogen) atoms. The van der Waals surface area contributed by atoms with Gasteiger partial charge in [-0.3, -0.25) is 9.69 Å². The van der Waals surface area contributed by atoms with Crippen molar-refractivity contribution in [1.82, 2.24) is 35.6 Å². The molecule has 0 radical (unpaired) electrons. The second kappa shape index (κ2) is 9.61. The monoisotopic (exact) mass is 479 g/mol. The second-order valence-electron chi connectivity index (χ2n) is 6.93. The lowest BCUT2D eigenvalue weighted by molar-refractivity contribution is 0.0335. The van der Waals surface area contributed by atoms with Crippen molar-refractivity contribution in [3.05, 3.63) is 45.2 Å². The van der Waals surface area contributed by atoms with Crippen molar-refractivity contribution in [2.45, 2.75) is 13.5 Å². The standard InChI is InChI=1S/C18H19Cl2N9O3/c1-10(11-2-3-12(19)13(20)8-11)22-24-18(30)15-14(9-28-4-6-31-7-5-28)23-27-29(15)17-16(21)25-32-26-17/h2-3,8H,4-7,9H2,1H3,(H2,21,25)(H,24,30)/b22-10+. The maximum Gasteiger partial charge on any atom is 0.292 e. The molecule has 0 bridgehead atoms. The van der Waals surface area contributed by atoms with Crippen LogP contribution >= 0.6 is 23.2 Å². The number of morpholine rings is 1. The predicted octanol–water partition coefficient (Wildman–Crippen LogP) is 1.53. The molecule has 3 heterocycles. The highest BCUT2D eigenvalue weighted by Crippen LogP contribution is 2.23. The van der Waals surface area contributed by atoms with E-state index in [1.54, 1.807) is 25.1 Å². The van der Waals surface area contributed by atoms with E-state index in [0.29, 0.717) is 59.9 Å². The molecule has 14 heteroatoms. The van der Waals surface area contributed by atoms with E-state index in [4.69, 9.17) is 33.7 Å². The van der Waals surface area contributed by atoms with Gasteiger partial charge in [0.1, 0.15) is 5.69 Å². The summed E-state index contributed by atoms with van der Waals surface area (Å²) in [4.78, 5) is 15.2. The summed E-state index contributed by atoms with van der Waals surface area (Å²) < 4.78 is 11.2. The molecule has 1 aromatic carbocycles. The smallest absolute Gasteiger partial charge is 0.292 e. The zero-order valence-corrected chi connectivity index (χ0v) is 18.5. The van der Waals surface area contributed by atoms with Gasteiger partial charge < -0.3 is 10.5 Å². The highest BCUT2D eigenvalue weighted by atomic mass is 35.5. The Hall–Kier alpha value is -3.06. The van der Waals surface area contributed by atoms with Crippen molar-refractivity contribution in [3.63, 3.8) is 0 Å². The van der Waals surface area contributed by atoms with E-state index in [1.807, 2.05) is 0 Å². The average molecular weight is 480 g/mol. The minimum Gasteiger partial charge on any atom is -0.379 e. The molecule has 12 nitrogen and oxygen atoms in total. The van der Waals surface area contributed by atoms with Gasteiger partial charge in [-0.15, -0.1) is 5.10 Å². The van der Waals surface area contributed by atoms with E-state index in [1.165, 1.54) is 4.68 Å². The van der Waals surface area contributed by atoms with E-state index in [9.17, 15) is 4.79 Å². The first-order valence-electron chi connectivity index (χ1n) is 9.57. The number of nitrogens with two attached hydrogens (primary N) is 1. The number of nitrogens with one attached hydrogen (secondary N) is 1. The average Bonchev–Trinajstić information content (AvgIpc) is 3.40. The molecule has 1 saturated heterocycles. The van der Waals surface area contributed by atoms with Crippen LogP contribution in [0.25, 0.3) is 5.82 Å². The number of nitrogens with zero attached hydrogens (tertiary/aromatic N) is 7. The van der Waals surface area contributed by atoms with Crippen molar-refractivity contribution < 1.29 is 14.2 Å². The minimum atomic E-state index is -0.555. The Morgan fingerprint density at radius 2 is 2.03 bits per heavy atom. The van der Waals surface area contributed by atoms with Crippen LogP contribution in [0.5, 0.6) is 0 Å². The van der Waals surface area contributed by atoms with Gasteiger partial charge in [0.25, 0.3) is 5.91 Å². The van der Waals surface area contributed by atoms with E-state index in [-0.39, 0.29) is 17.3 Å². The molecule has 4 rings (SSSR count). The van der Waals surface area contributed by atoms with Gasteiger partial charge in [0.05, 0.1) is 29.0 Å². The molecule has 0 saturated carbocycles. The lowest BCUT2D eigenvalue weighted by atomic mass is 10.1. The molecule has 0 aliphatic carbocycles. The molecule has 1 amide bonds. The molecule has 0 unspecified atom stereocenters. The number of carbonyl (C=O) groups excluding carboxylic acids is 1. The van der Waals surface area contributed by atoms with E-state index >= 15 is 0 Å². The summed E-state index contributed by atoms with van der Waals surface area (Å²) in [5, 5.41) is 20.4. The van der Waals surface area contributed by atoms with Crippen LogP contribution in [0.1, 0.15) is 28.7 Å². The molecule has 3 N–H and O–H groups in total. The Bertz CT molecular complexity index is 1150. The largest absolute Gasteiger partial charge is 0.379 e. The van der Waals surface area contributed by atoms with Gasteiger partial charge in [-0.2, -0.15) is 9.78 Å². The summed E-state index contributed by atoms with van der Waals surface area (Å²) in [5.41, 5.74) is 10.1. The molecule has 2 aromatic heterocycles. The minimum absolute atomic E-state index is 0.0302. The number of aromatic nitrogens is 5. The van der Waals surface area contributed by atoms with E-state index < -0.39 is 5.91 Å². The maximum atomic E-state index is 13.1. The molecule has 0 spiro atoms. The van der Waals surface area contributed by atoms with Gasteiger partial charge in [0.2, 0.25) is 11.6 Å². The molecule has 0 atom stereocenters. The number of ether oxygens (including phenoxy) is 1. The number of hydrazone groups is 1.